The van der Waals surface area contributed by atoms with Gasteiger partial charge in [0.1, 0.15) is 18.1 Å². The van der Waals surface area contributed by atoms with Crippen molar-refractivity contribution in [2.45, 2.75) is 45.7 Å². The van der Waals surface area contributed by atoms with Crippen molar-refractivity contribution in [1.29, 1.82) is 0 Å². The number of hydrogen-bond acceptors (Lipinski definition) is 5. The Kier molecular flexibility index (Phi) is 8.03. The maximum Gasteiger partial charge on any atom is 0.216 e. The fourth-order valence-corrected chi connectivity index (χ4v) is 3.44. The number of nitrogens with one attached hydrogen (secondary N) is 2. The van der Waals surface area contributed by atoms with Gasteiger partial charge in [0.05, 0.1) is 25.5 Å². The lowest BCUT2D eigenvalue weighted by atomic mass is 9.94. The molecule has 8 heteroatoms. The molecular formula is C23H34FN5O2. The second kappa shape index (κ2) is 10.7. The highest BCUT2D eigenvalue weighted by Crippen LogP contribution is 2.23. The van der Waals surface area contributed by atoms with Gasteiger partial charge < -0.3 is 19.8 Å². The largest absolute Gasteiger partial charge is 0.443 e. The molecule has 0 saturated carbocycles. The first-order chi connectivity index (χ1) is 14.9. The summed E-state index contributed by atoms with van der Waals surface area (Å²) in [5, 5.41) is 6.71. The number of oxazole rings is 1. The molecule has 1 aromatic carbocycles. The molecule has 170 valence electrons. The van der Waals surface area contributed by atoms with Crippen molar-refractivity contribution in [2.75, 3.05) is 39.4 Å². The number of rotatable bonds is 7. The highest BCUT2D eigenvalue weighted by Gasteiger charge is 2.23. The minimum Gasteiger partial charge on any atom is -0.443 e. The third-order valence-corrected chi connectivity index (χ3v) is 5.21. The summed E-state index contributed by atoms with van der Waals surface area (Å²) < 4.78 is 24.8. The van der Waals surface area contributed by atoms with E-state index in [1.54, 1.807) is 6.20 Å². The monoisotopic (exact) mass is 431 g/mol. The van der Waals surface area contributed by atoms with Crippen LogP contribution in [0.5, 0.6) is 0 Å². The summed E-state index contributed by atoms with van der Waals surface area (Å²) in [5.74, 6) is 1.90. The smallest absolute Gasteiger partial charge is 0.216 e. The summed E-state index contributed by atoms with van der Waals surface area (Å²) in [6.07, 6.45) is 1.77. The lowest BCUT2D eigenvalue weighted by Gasteiger charge is -2.35. The van der Waals surface area contributed by atoms with Gasteiger partial charge in [-0.25, -0.2) is 14.4 Å². The van der Waals surface area contributed by atoms with Crippen LogP contribution in [-0.2, 0) is 16.7 Å². The molecule has 1 saturated heterocycles. The summed E-state index contributed by atoms with van der Waals surface area (Å²) in [7, 11) is 0. The number of nitrogens with zero attached hydrogens (tertiary/aromatic N) is 3. The summed E-state index contributed by atoms with van der Waals surface area (Å²) in [5.41, 5.74) is 0.979. The summed E-state index contributed by atoms with van der Waals surface area (Å²) in [6.45, 7) is 13.1. The number of ether oxygens (including phenoxy) is 1. The molecule has 7 nitrogen and oxygen atoms in total. The van der Waals surface area contributed by atoms with Gasteiger partial charge in [0.2, 0.25) is 5.89 Å². The summed E-state index contributed by atoms with van der Waals surface area (Å²) in [4.78, 5) is 11.3. The van der Waals surface area contributed by atoms with E-state index in [0.717, 1.165) is 31.0 Å². The Labute approximate surface area is 184 Å². The van der Waals surface area contributed by atoms with Gasteiger partial charge >= 0.3 is 0 Å². The van der Waals surface area contributed by atoms with Crippen LogP contribution < -0.4 is 10.6 Å². The molecule has 1 aromatic heterocycles. The molecule has 1 aliphatic rings. The summed E-state index contributed by atoms with van der Waals surface area (Å²) >= 11 is 0. The number of guanidine groups is 1. The molecule has 2 N–H and O–H groups in total. The molecule has 0 aliphatic carbocycles. The van der Waals surface area contributed by atoms with Crippen molar-refractivity contribution < 1.29 is 13.5 Å². The highest BCUT2D eigenvalue weighted by atomic mass is 19.1. The third-order valence-electron chi connectivity index (χ3n) is 5.21. The second-order valence-corrected chi connectivity index (χ2v) is 8.66. The van der Waals surface area contributed by atoms with Gasteiger partial charge in [-0.3, -0.25) is 4.90 Å². The maximum atomic E-state index is 13.5. The van der Waals surface area contributed by atoms with Crippen LogP contribution in [-0.4, -0.2) is 55.2 Å². The van der Waals surface area contributed by atoms with Crippen LogP contribution in [0, 0.1) is 5.82 Å². The summed E-state index contributed by atoms with van der Waals surface area (Å²) in [6, 6.07) is 6.81. The Morgan fingerprint density at radius 1 is 1.19 bits per heavy atom. The van der Waals surface area contributed by atoms with Gasteiger partial charge in [-0.1, -0.05) is 32.9 Å². The number of aromatic nitrogens is 1. The topological polar surface area (TPSA) is 74.9 Å². The van der Waals surface area contributed by atoms with Gasteiger partial charge in [0.25, 0.3) is 0 Å². The standard InChI is InChI=1S/C23H34FN5O2/c1-5-25-22(28-16-21-26-15-20(31-21)23(2,3)4)27-14-19(29-10-12-30-13-11-29)17-6-8-18(24)9-7-17/h6-9,15,19H,5,10-14,16H2,1-4H3,(H2,25,27,28). The number of hydrogen-bond donors (Lipinski definition) is 2. The van der Waals surface area contributed by atoms with E-state index < -0.39 is 0 Å². The van der Waals surface area contributed by atoms with Crippen molar-refractivity contribution in [3.05, 3.63) is 53.5 Å². The van der Waals surface area contributed by atoms with Crippen molar-refractivity contribution in [1.82, 2.24) is 20.5 Å². The highest BCUT2D eigenvalue weighted by molar-refractivity contribution is 5.79. The molecule has 2 aromatic rings. The zero-order valence-corrected chi connectivity index (χ0v) is 18.9. The molecule has 1 atom stereocenters. The van der Waals surface area contributed by atoms with Crippen LogP contribution in [0.1, 0.15) is 51.0 Å². The first-order valence-electron chi connectivity index (χ1n) is 10.9. The molecule has 3 rings (SSSR count). The second-order valence-electron chi connectivity index (χ2n) is 8.66. The number of benzene rings is 1. The van der Waals surface area contributed by atoms with E-state index in [4.69, 9.17) is 9.15 Å². The van der Waals surface area contributed by atoms with Gasteiger partial charge in [-0.15, -0.1) is 0 Å². The van der Waals surface area contributed by atoms with E-state index in [-0.39, 0.29) is 17.3 Å². The Morgan fingerprint density at radius 3 is 2.52 bits per heavy atom. The normalized spacial score (nSPS) is 16.9. The van der Waals surface area contributed by atoms with E-state index in [9.17, 15) is 4.39 Å². The molecule has 0 spiro atoms. The quantitative estimate of drug-likeness (QED) is 0.518. The van der Waals surface area contributed by atoms with E-state index in [1.807, 2.05) is 19.1 Å². The molecule has 1 fully saturated rings. The van der Waals surface area contributed by atoms with Gasteiger partial charge in [-0.2, -0.15) is 0 Å². The third kappa shape index (κ3) is 6.77. The first kappa shape index (κ1) is 23.2. The average Bonchev–Trinajstić information content (AvgIpc) is 3.24. The van der Waals surface area contributed by atoms with Crippen LogP contribution in [0.25, 0.3) is 0 Å². The Morgan fingerprint density at radius 2 is 1.90 bits per heavy atom. The van der Waals surface area contributed by atoms with Gasteiger partial charge in [0.15, 0.2) is 5.96 Å². The van der Waals surface area contributed by atoms with Crippen molar-refractivity contribution >= 4 is 5.96 Å². The average molecular weight is 432 g/mol. The van der Waals surface area contributed by atoms with Crippen LogP contribution in [0.3, 0.4) is 0 Å². The van der Waals surface area contributed by atoms with Crippen LogP contribution in [0.2, 0.25) is 0 Å². The number of aliphatic imine (C=N–C) groups is 1. The van der Waals surface area contributed by atoms with Crippen LogP contribution >= 0.6 is 0 Å². The minimum absolute atomic E-state index is 0.0851. The molecule has 0 bridgehead atoms. The van der Waals surface area contributed by atoms with Crippen molar-refractivity contribution in [3.8, 4) is 0 Å². The predicted octanol–water partition coefficient (Wildman–Crippen LogP) is 3.24. The molecule has 0 radical (unpaired) electrons. The van der Waals surface area contributed by atoms with Gasteiger partial charge in [0, 0.05) is 31.6 Å². The fraction of sp³-hybridized carbons (Fsp3) is 0.565. The van der Waals surface area contributed by atoms with E-state index in [2.05, 4.69) is 46.3 Å². The lowest BCUT2D eigenvalue weighted by molar-refractivity contribution is 0.0170. The zero-order chi connectivity index (χ0) is 22.3. The van der Waals surface area contributed by atoms with Gasteiger partial charge in [-0.05, 0) is 24.6 Å². The van der Waals surface area contributed by atoms with E-state index in [0.29, 0.717) is 38.2 Å². The Bertz CT molecular complexity index is 838. The van der Waals surface area contributed by atoms with E-state index in [1.165, 1.54) is 12.1 Å². The maximum absolute atomic E-state index is 13.5. The van der Waals surface area contributed by atoms with Crippen LogP contribution in [0.4, 0.5) is 4.39 Å². The molecule has 0 amide bonds. The first-order valence-corrected chi connectivity index (χ1v) is 10.9. The molecular weight excluding hydrogens is 397 g/mol. The SMILES string of the molecule is CCNC(=NCc1ncc(C(C)(C)C)o1)NCC(c1ccc(F)cc1)N1CCOCC1. The minimum atomic E-state index is -0.229. The van der Waals surface area contributed by atoms with E-state index >= 15 is 0 Å². The molecule has 31 heavy (non-hydrogen) atoms. The molecule has 1 unspecified atom stereocenters. The van der Waals surface area contributed by atoms with Crippen LogP contribution in [0.15, 0.2) is 39.9 Å². The molecule has 1 aliphatic heterocycles. The lowest BCUT2D eigenvalue weighted by Crippen LogP contribution is -2.46. The van der Waals surface area contributed by atoms with Crippen molar-refractivity contribution in [3.63, 3.8) is 0 Å². The zero-order valence-electron chi connectivity index (χ0n) is 18.9. The Balaban J connectivity index is 1.69. The fourth-order valence-electron chi connectivity index (χ4n) is 3.44. The number of halogens is 1. The number of morpholine rings is 1. The predicted molar refractivity (Wildman–Crippen MR) is 120 cm³/mol. The Hall–Kier alpha value is -2.45. The molecule has 2 heterocycles. The van der Waals surface area contributed by atoms with Crippen molar-refractivity contribution in [2.24, 2.45) is 4.99 Å².